The van der Waals surface area contributed by atoms with E-state index in [9.17, 15) is 4.79 Å². The van der Waals surface area contributed by atoms with Crippen LogP contribution in [0.3, 0.4) is 0 Å². The highest BCUT2D eigenvalue weighted by atomic mass is 35.5. The Hall–Kier alpha value is -3.12. The van der Waals surface area contributed by atoms with Gasteiger partial charge in [0.2, 0.25) is 5.91 Å². The molecule has 0 radical (unpaired) electrons. The summed E-state index contributed by atoms with van der Waals surface area (Å²) in [6.45, 7) is 3.41. The summed E-state index contributed by atoms with van der Waals surface area (Å²) in [6.07, 6.45) is 1.77. The van der Waals surface area contributed by atoms with Gasteiger partial charge >= 0.3 is 0 Å². The van der Waals surface area contributed by atoms with Crippen molar-refractivity contribution in [2.75, 3.05) is 30.4 Å². The molecule has 2 aromatic carbocycles. The molecule has 7 heteroatoms. The van der Waals surface area contributed by atoms with Crippen LogP contribution in [0.25, 0.3) is 11.3 Å². The summed E-state index contributed by atoms with van der Waals surface area (Å²) in [6, 6.07) is 17.2. The SMILES string of the molecule is COc1ccc(-c2ccc(N3CCCC(C(=O)Nc4ccc(C)c(Cl)c4)C3)nn2)cc1. The van der Waals surface area contributed by atoms with E-state index in [0.717, 1.165) is 53.5 Å². The van der Waals surface area contributed by atoms with Crippen LogP contribution in [-0.2, 0) is 4.79 Å². The van der Waals surface area contributed by atoms with E-state index in [2.05, 4.69) is 20.4 Å². The highest BCUT2D eigenvalue weighted by Crippen LogP contribution is 2.26. The Morgan fingerprint density at radius 3 is 2.61 bits per heavy atom. The number of aryl methyl sites for hydroxylation is 1. The third kappa shape index (κ3) is 4.97. The summed E-state index contributed by atoms with van der Waals surface area (Å²) in [7, 11) is 1.64. The molecule has 1 fully saturated rings. The first kappa shape index (κ1) is 21.1. The van der Waals surface area contributed by atoms with Crippen molar-refractivity contribution in [3.8, 4) is 17.0 Å². The van der Waals surface area contributed by atoms with Gasteiger partial charge in [-0.05, 0) is 73.9 Å². The van der Waals surface area contributed by atoms with E-state index in [-0.39, 0.29) is 11.8 Å². The molecule has 1 saturated heterocycles. The lowest BCUT2D eigenvalue weighted by molar-refractivity contribution is -0.120. The van der Waals surface area contributed by atoms with Crippen LogP contribution in [0.4, 0.5) is 11.5 Å². The van der Waals surface area contributed by atoms with E-state index in [1.54, 1.807) is 13.2 Å². The van der Waals surface area contributed by atoms with Gasteiger partial charge in [-0.25, -0.2) is 0 Å². The van der Waals surface area contributed by atoms with Gasteiger partial charge in [0.05, 0.1) is 18.7 Å². The number of methoxy groups -OCH3 is 1. The van der Waals surface area contributed by atoms with Gasteiger partial charge in [-0.15, -0.1) is 10.2 Å². The minimum atomic E-state index is -0.114. The third-order valence-electron chi connectivity index (χ3n) is 5.59. The molecule has 1 aromatic heterocycles. The largest absolute Gasteiger partial charge is 0.497 e. The zero-order valence-electron chi connectivity index (χ0n) is 17.6. The van der Waals surface area contributed by atoms with Crippen LogP contribution in [0, 0.1) is 12.8 Å². The summed E-state index contributed by atoms with van der Waals surface area (Å²) in [5, 5.41) is 12.4. The van der Waals surface area contributed by atoms with E-state index >= 15 is 0 Å². The van der Waals surface area contributed by atoms with Crippen molar-refractivity contribution < 1.29 is 9.53 Å². The van der Waals surface area contributed by atoms with Gasteiger partial charge in [0.1, 0.15) is 5.75 Å². The number of nitrogens with zero attached hydrogens (tertiary/aromatic N) is 3. The molecule has 1 aliphatic heterocycles. The summed E-state index contributed by atoms with van der Waals surface area (Å²) in [4.78, 5) is 14.9. The molecule has 1 amide bonds. The second-order valence-electron chi connectivity index (χ2n) is 7.74. The number of rotatable bonds is 5. The van der Waals surface area contributed by atoms with Gasteiger partial charge in [-0.3, -0.25) is 4.79 Å². The maximum atomic E-state index is 12.8. The molecule has 3 aromatic rings. The standard InChI is InChI=1S/C24H25ClN4O2/c1-16-5-8-19(14-21(16)25)26-24(30)18-4-3-13-29(15-18)23-12-11-22(27-28-23)17-6-9-20(31-2)10-7-17/h5-12,14,18H,3-4,13,15H2,1-2H3,(H,26,30). The quantitative estimate of drug-likeness (QED) is 0.611. The number of nitrogens with one attached hydrogen (secondary N) is 1. The highest BCUT2D eigenvalue weighted by molar-refractivity contribution is 6.31. The number of piperidine rings is 1. The number of halogens is 1. The minimum Gasteiger partial charge on any atom is -0.497 e. The number of carbonyl (C=O) groups excluding carboxylic acids is 1. The van der Waals surface area contributed by atoms with E-state index in [1.807, 2.05) is 55.5 Å². The molecule has 2 heterocycles. The van der Waals surface area contributed by atoms with Crippen LogP contribution in [0.15, 0.2) is 54.6 Å². The normalized spacial score (nSPS) is 16.1. The topological polar surface area (TPSA) is 67.3 Å². The molecule has 0 aliphatic carbocycles. The first-order valence-electron chi connectivity index (χ1n) is 10.3. The summed E-state index contributed by atoms with van der Waals surface area (Å²) < 4.78 is 5.20. The Balaban J connectivity index is 1.41. The zero-order chi connectivity index (χ0) is 21.8. The summed E-state index contributed by atoms with van der Waals surface area (Å²) in [5.41, 5.74) is 3.49. The van der Waals surface area contributed by atoms with Crippen LogP contribution in [0.2, 0.25) is 5.02 Å². The van der Waals surface area contributed by atoms with Crippen molar-refractivity contribution in [3.63, 3.8) is 0 Å². The van der Waals surface area contributed by atoms with Crippen molar-refractivity contribution in [2.45, 2.75) is 19.8 Å². The Bertz CT molecular complexity index is 1050. The van der Waals surface area contributed by atoms with Crippen molar-refractivity contribution in [1.29, 1.82) is 0 Å². The fourth-order valence-electron chi connectivity index (χ4n) is 3.72. The molecule has 31 heavy (non-hydrogen) atoms. The predicted octanol–water partition coefficient (Wildman–Crippen LogP) is 4.97. The molecular formula is C24H25ClN4O2. The number of hydrogen-bond donors (Lipinski definition) is 1. The van der Waals surface area contributed by atoms with Gasteiger partial charge in [0.25, 0.3) is 0 Å². The van der Waals surface area contributed by atoms with E-state index in [4.69, 9.17) is 16.3 Å². The van der Waals surface area contributed by atoms with E-state index in [1.165, 1.54) is 0 Å². The number of amides is 1. The number of benzene rings is 2. The van der Waals surface area contributed by atoms with Gasteiger partial charge < -0.3 is 15.0 Å². The average Bonchev–Trinajstić information content (AvgIpc) is 2.82. The van der Waals surface area contributed by atoms with Crippen LogP contribution in [0.1, 0.15) is 18.4 Å². The van der Waals surface area contributed by atoms with Crippen LogP contribution >= 0.6 is 11.6 Å². The molecule has 1 N–H and O–H groups in total. The first-order valence-corrected chi connectivity index (χ1v) is 10.7. The van der Waals surface area contributed by atoms with Gasteiger partial charge in [-0.2, -0.15) is 0 Å². The number of ether oxygens (including phenoxy) is 1. The number of anilines is 2. The van der Waals surface area contributed by atoms with E-state index < -0.39 is 0 Å². The van der Waals surface area contributed by atoms with Crippen molar-refractivity contribution in [2.24, 2.45) is 5.92 Å². The lowest BCUT2D eigenvalue weighted by Crippen LogP contribution is -2.41. The lowest BCUT2D eigenvalue weighted by atomic mass is 9.97. The third-order valence-corrected chi connectivity index (χ3v) is 6.00. The van der Waals surface area contributed by atoms with Crippen molar-refractivity contribution in [3.05, 3.63) is 65.2 Å². The molecule has 4 rings (SSSR count). The van der Waals surface area contributed by atoms with Crippen molar-refractivity contribution in [1.82, 2.24) is 10.2 Å². The molecule has 0 spiro atoms. The molecule has 1 unspecified atom stereocenters. The monoisotopic (exact) mass is 436 g/mol. The molecule has 0 saturated carbocycles. The summed E-state index contributed by atoms with van der Waals surface area (Å²) in [5.74, 6) is 1.48. The molecular weight excluding hydrogens is 412 g/mol. The molecule has 160 valence electrons. The fraction of sp³-hybridized carbons (Fsp3) is 0.292. The lowest BCUT2D eigenvalue weighted by Gasteiger charge is -2.32. The number of hydrogen-bond acceptors (Lipinski definition) is 5. The Kier molecular flexibility index (Phi) is 6.37. The minimum absolute atomic E-state index is 0.00688. The first-order chi connectivity index (χ1) is 15.0. The van der Waals surface area contributed by atoms with Crippen LogP contribution in [0.5, 0.6) is 5.75 Å². The van der Waals surface area contributed by atoms with Gasteiger partial charge in [-0.1, -0.05) is 17.7 Å². The van der Waals surface area contributed by atoms with Crippen LogP contribution < -0.4 is 15.0 Å². The highest BCUT2D eigenvalue weighted by Gasteiger charge is 2.27. The zero-order valence-corrected chi connectivity index (χ0v) is 18.4. The van der Waals surface area contributed by atoms with Gasteiger partial charge in [0, 0.05) is 29.4 Å². The average molecular weight is 437 g/mol. The Morgan fingerprint density at radius 2 is 1.94 bits per heavy atom. The Morgan fingerprint density at radius 1 is 1.13 bits per heavy atom. The molecule has 1 aliphatic rings. The number of carbonyl (C=O) groups is 1. The van der Waals surface area contributed by atoms with E-state index in [0.29, 0.717) is 11.6 Å². The molecule has 1 atom stereocenters. The second kappa shape index (κ2) is 9.35. The number of aromatic nitrogens is 2. The molecule has 6 nitrogen and oxygen atoms in total. The second-order valence-corrected chi connectivity index (χ2v) is 8.15. The fourth-order valence-corrected chi connectivity index (χ4v) is 3.90. The maximum absolute atomic E-state index is 12.8. The van der Waals surface area contributed by atoms with Gasteiger partial charge in [0.15, 0.2) is 5.82 Å². The molecule has 0 bridgehead atoms. The maximum Gasteiger partial charge on any atom is 0.229 e. The van der Waals surface area contributed by atoms with Crippen molar-refractivity contribution >= 4 is 29.0 Å². The summed E-state index contributed by atoms with van der Waals surface area (Å²) >= 11 is 6.18. The smallest absolute Gasteiger partial charge is 0.229 e. The Labute approximate surface area is 187 Å². The van der Waals surface area contributed by atoms with Crippen LogP contribution in [-0.4, -0.2) is 36.3 Å². The predicted molar refractivity (Wildman–Crippen MR) is 124 cm³/mol.